The van der Waals surface area contributed by atoms with Gasteiger partial charge in [0.05, 0.1) is 10.7 Å². The molecular weight excluding hydrogens is 241 g/mol. The minimum absolute atomic E-state index is 0.487. The van der Waals surface area contributed by atoms with Gasteiger partial charge in [0, 0.05) is 5.69 Å². The molecule has 0 saturated heterocycles. The Labute approximate surface area is 82.5 Å². The van der Waals surface area contributed by atoms with E-state index in [1.54, 1.807) is 16.8 Å². The Morgan fingerprint density at radius 3 is 3.08 bits per heavy atom. The molecule has 2 heterocycles. The van der Waals surface area contributed by atoms with Gasteiger partial charge in [0.25, 0.3) is 0 Å². The molecule has 0 N–H and O–H groups in total. The average Bonchev–Trinajstić information content (AvgIpc) is 2.33. The van der Waals surface area contributed by atoms with Gasteiger partial charge in [-0.05, 0) is 28.9 Å². The Balaban J connectivity index is 2.92. The molecule has 0 amide bonds. The normalized spacial score (nSPS) is 10.9. The first-order valence-electron chi connectivity index (χ1n) is 3.35. The summed E-state index contributed by atoms with van der Waals surface area (Å²) in [7, 11) is 0. The molecule has 0 aromatic carbocycles. The van der Waals surface area contributed by atoms with Crippen LogP contribution >= 0.6 is 27.5 Å². The first kappa shape index (κ1) is 8.01. The van der Waals surface area contributed by atoms with E-state index in [-0.39, 0.29) is 0 Å². The van der Waals surface area contributed by atoms with Crippen molar-refractivity contribution in [1.82, 2.24) is 14.6 Å². The highest BCUT2D eigenvalue weighted by Gasteiger charge is 2.05. The fourth-order valence-electron chi connectivity index (χ4n) is 1.05. The number of halogens is 2. The lowest BCUT2D eigenvalue weighted by Crippen LogP contribution is -1.94. The Kier molecular flexibility index (Phi) is 1.81. The zero-order chi connectivity index (χ0) is 8.72. The minimum atomic E-state index is 0.487. The van der Waals surface area contributed by atoms with Gasteiger partial charge in [0.1, 0.15) is 5.15 Å². The molecule has 0 unspecified atom stereocenters. The van der Waals surface area contributed by atoms with Crippen LogP contribution in [0.3, 0.4) is 0 Å². The van der Waals surface area contributed by atoms with E-state index < -0.39 is 0 Å². The van der Waals surface area contributed by atoms with Crippen LogP contribution in [0.4, 0.5) is 0 Å². The molecule has 0 aliphatic rings. The van der Waals surface area contributed by atoms with Gasteiger partial charge < -0.3 is 0 Å². The maximum Gasteiger partial charge on any atom is 0.171 e. The Hall–Kier alpha value is -0.610. The molecule has 0 aliphatic carbocycles. The number of hydrogen-bond donors (Lipinski definition) is 0. The SMILES string of the molecule is Cc1cc(Cl)nc2c(Br)cnn12. The van der Waals surface area contributed by atoms with Gasteiger partial charge in [0.2, 0.25) is 0 Å². The van der Waals surface area contributed by atoms with Crippen molar-refractivity contribution in [3.05, 3.63) is 27.6 Å². The second-order valence-corrected chi connectivity index (χ2v) is 3.69. The number of aryl methyl sites for hydroxylation is 1. The first-order chi connectivity index (χ1) is 5.68. The summed E-state index contributed by atoms with van der Waals surface area (Å²) >= 11 is 9.11. The molecule has 2 rings (SSSR count). The van der Waals surface area contributed by atoms with E-state index in [9.17, 15) is 0 Å². The summed E-state index contributed by atoms with van der Waals surface area (Å²) in [4.78, 5) is 4.12. The smallest absolute Gasteiger partial charge is 0.171 e. The summed E-state index contributed by atoms with van der Waals surface area (Å²) in [6.45, 7) is 1.93. The fraction of sp³-hybridized carbons (Fsp3) is 0.143. The number of hydrogen-bond acceptors (Lipinski definition) is 2. The summed E-state index contributed by atoms with van der Waals surface area (Å²) in [5.74, 6) is 0. The maximum absolute atomic E-state index is 5.78. The number of rotatable bonds is 0. The van der Waals surface area contributed by atoms with Crippen molar-refractivity contribution in [2.24, 2.45) is 0 Å². The van der Waals surface area contributed by atoms with Crippen LogP contribution in [0.15, 0.2) is 16.7 Å². The van der Waals surface area contributed by atoms with E-state index in [2.05, 4.69) is 26.0 Å². The predicted molar refractivity (Wildman–Crippen MR) is 50.4 cm³/mol. The second-order valence-electron chi connectivity index (χ2n) is 2.45. The molecule has 62 valence electrons. The van der Waals surface area contributed by atoms with Gasteiger partial charge in [0.15, 0.2) is 5.65 Å². The lowest BCUT2D eigenvalue weighted by molar-refractivity contribution is 0.895. The molecule has 0 aliphatic heterocycles. The number of nitrogens with zero attached hydrogens (tertiary/aromatic N) is 3. The monoisotopic (exact) mass is 245 g/mol. The summed E-state index contributed by atoms with van der Waals surface area (Å²) in [5.41, 5.74) is 1.72. The molecule has 0 fully saturated rings. The molecular formula is C7H5BrClN3. The van der Waals surface area contributed by atoms with Crippen LogP contribution < -0.4 is 0 Å². The Morgan fingerprint density at radius 2 is 2.33 bits per heavy atom. The van der Waals surface area contributed by atoms with Crippen LogP contribution in [0.25, 0.3) is 5.65 Å². The van der Waals surface area contributed by atoms with E-state index in [4.69, 9.17) is 11.6 Å². The van der Waals surface area contributed by atoms with Crippen LogP contribution in [0.2, 0.25) is 5.15 Å². The average molecular weight is 246 g/mol. The van der Waals surface area contributed by atoms with E-state index >= 15 is 0 Å². The maximum atomic E-state index is 5.78. The third kappa shape index (κ3) is 1.11. The van der Waals surface area contributed by atoms with Gasteiger partial charge >= 0.3 is 0 Å². The lowest BCUT2D eigenvalue weighted by atomic mass is 10.4. The molecule has 5 heteroatoms. The summed E-state index contributed by atoms with van der Waals surface area (Å²) in [6, 6.07) is 1.77. The van der Waals surface area contributed by atoms with Gasteiger partial charge in [-0.1, -0.05) is 11.6 Å². The summed E-state index contributed by atoms with van der Waals surface area (Å²) in [6.07, 6.45) is 1.70. The largest absolute Gasteiger partial charge is 0.218 e. The third-order valence-electron chi connectivity index (χ3n) is 1.58. The molecule has 12 heavy (non-hydrogen) atoms. The van der Waals surface area contributed by atoms with Crippen molar-refractivity contribution in [2.75, 3.05) is 0 Å². The third-order valence-corrected chi connectivity index (χ3v) is 2.33. The van der Waals surface area contributed by atoms with E-state index in [1.807, 2.05) is 6.92 Å². The molecule has 2 aromatic heterocycles. The van der Waals surface area contributed by atoms with Crippen molar-refractivity contribution >= 4 is 33.2 Å². The van der Waals surface area contributed by atoms with Crippen molar-refractivity contribution in [3.8, 4) is 0 Å². The van der Waals surface area contributed by atoms with Crippen LogP contribution in [-0.4, -0.2) is 14.6 Å². The quantitative estimate of drug-likeness (QED) is 0.669. The van der Waals surface area contributed by atoms with Gasteiger partial charge in [-0.15, -0.1) is 0 Å². The van der Waals surface area contributed by atoms with E-state index in [0.29, 0.717) is 5.15 Å². The number of fused-ring (bicyclic) bond motifs is 1. The summed E-state index contributed by atoms with van der Waals surface area (Å²) < 4.78 is 2.59. The van der Waals surface area contributed by atoms with Crippen molar-refractivity contribution < 1.29 is 0 Å². The highest BCUT2D eigenvalue weighted by Crippen LogP contribution is 2.18. The highest BCUT2D eigenvalue weighted by atomic mass is 79.9. The topological polar surface area (TPSA) is 30.2 Å². The van der Waals surface area contributed by atoms with Gasteiger partial charge in [-0.25, -0.2) is 9.50 Å². The lowest BCUT2D eigenvalue weighted by Gasteiger charge is -1.98. The van der Waals surface area contributed by atoms with Crippen LogP contribution in [0.5, 0.6) is 0 Å². The molecule has 0 radical (unpaired) electrons. The van der Waals surface area contributed by atoms with E-state index in [0.717, 1.165) is 15.8 Å². The zero-order valence-corrected chi connectivity index (χ0v) is 8.59. The van der Waals surface area contributed by atoms with Crippen LogP contribution in [-0.2, 0) is 0 Å². The highest BCUT2D eigenvalue weighted by molar-refractivity contribution is 9.10. The fourth-order valence-corrected chi connectivity index (χ4v) is 1.63. The molecule has 0 spiro atoms. The van der Waals surface area contributed by atoms with Crippen molar-refractivity contribution in [3.63, 3.8) is 0 Å². The van der Waals surface area contributed by atoms with Gasteiger partial charge in [-0.3, -0.25) is 0 Å². The zero-order valence-electron chi connectivity index (χ0n) is 6.25. The van der Waals surface area contributed by atoms with Crippen molar-refractivity contribution in [1.29, 1.82) is 0 Å². The van der Waals surface area contributed by atoms with Crippen molar-refractivity contribution in [2.45, 2.75) is 6.92 Å². The van der Waals surface area contributed by atoms with Crippen LogP contribution in [0.1, 0.15) is 5.69 Å². The number of aromatic nitrogens is 3. The molecule has 2 aromatic rings. The molecule has 0 atom stereocenters. The standard InChI is InChI=1S/C7H5BrClN3/c1-4-2-6(9)11-7-5(8)3-10-12(4)7/h2-3H,1H3. The molecule has 3 nitrogen and oxygen atoms in total. The Morgan fingerprint density at radius 1 is 1.58 bits per heavy atom. The van der Waals surface area contributed by atoms with Crippen LogP contribution in [0, 0.1) is 6.92 Å². The predicted octanol–water partition coefficient (Wildman–Crippen LogP) is 2.45. The second kappa shape index (κ2) is 2.71. The first-order valence-corrected chi connectivity index (χ1v) is 4.52. The molecule has 0 bridgehead atoms. The summed E-state index contributed by atoms with van der Waals surface area (Å²) in [5, 5.41) is 4.59. The van der Waals surface area contributed by atoms with E-state index in [1.165, 1.54) is 0 Å². The Bertz CT molecular complexity index is 437. The van der Waals surface area contributed by atoms with Gasteiger partial charge in [-0.2, -0.15) is 5.10 Å². The minimum Gasteiger partial charge on any atom is -0.218 e. The molecule has 0 saturated carbocycles.